The molecule has 10 heavy (non-hydrogen) atoms. The molecule has 0 aliphatic carbocycles. The first kappa shape index (κ1) is 10.4. The van der Waals surface area contributed by atoms with Crippen LogP contribution in [0.2, 0.25) is 0 Å². The Morgan fingerprint density at radius 1 is 1.80 bits per heavy atom. The molecule has 0 fully saturated rings. The molecular formula is C6H10Br2O2. The van der Waals surface area contributed by atoms with Crippen LogP contribution in [-0.2, 0) is 4.79 Å². The standard InChI is InChI=1S/C6H10Br2O2/c1-3-4(7)6(2,8)5(9)10/h4H,3H2,1-2H3,(H,9,10). The van der Waals surface area contributed by atoms with Gasteiger partial charge in [-0.3, -0.25) is 4.79 Å². The topological polar surface area (TPSA) is 37.3 Å². The smallest absolute Gasteiger partial charge is 0.321 e. The molecule has 0 amide bonds. The number of rotatable bonds is 3. The van der Waals surface area contributed by atoms with Gasteiger partial charge in [0.15, 0.2) is 0 Å². The van der Waals surface area contributed by atoms with Crippen molar-refractivity contribution in [2.45, 2.75) is 29.4 Å². The highest BCUT2D eigenvalue weighted by Crippen LogP contribution is 2.29. The molecule has 2 unspecified atom stereocenters. The third-order valence-electron chi connectivity index (χ3n) is 1.36. The number of carbonyl (C=O) groups is 1. The van der Waals surface area contributed by atoms with Crippen molar-refractivity contribution in [3.05, 3.63) is 0 Å². The lowest BCUT2D eigenvalue weighted by molar-refractivity contribution is -0.139. The van der Waals surface area contributed by atoms with Gasteiger partial charge in [0.05, 0.1) is 0 Å². The zero-order chi connectivity index (χ0) is 8.36. The van der Waals surface area contributed by atoms with Gasteiger partial charge in [0.1, 0.15) is 4.32 Å². The zero-order valence-electron chi connectivity index (χ0n) is 5.90. The summed E-state index contributed by atoms with van der Waals surface area (Å²) in [6.07, 6.45) is 0.786. The number of carboxylic acid groups (broad SMARTS) is 1. The first-order valence-corrected chi connectivity index (χ1v) is 4.70. The number of hydrogen-bond donors (Lipinski definition) is 1. The van der Waals surface area contributed by atoms with Crippen LogP contribution >= 0.6 is 31.9 Å². The number of aliphatic carboxylic acids is 1. The molecule has 0 heterocycles. The number of hydrogen-bond acceptors (Lipinski definition) is 1. The fourth-order valence-corrected chi connectivity index (χ4v) is 1.04. The van der Waals surface area contributed by atoms with E-state index in [2.05, 4.69) is 31.9 Å². The number of carboxylic acids is 1. The van der Waals surface area contributed by atoms with Gasteiger partial charge in [-0.25, -0.2) is 0 Å². The maximum atomic E-state index is 10.5. The van der Waals surface area contributed by atoms with Gasteiger partial charge >= 0.3 is 5.97 Å². The molecule has 0 aliphatic rings. The second-order valence-corrected chi connectivity index (χ2v) is 5.01. The minimum Gasteiger partial charge on any atom is -0.480 e. The number of alkyl halides is 2. The molecule has 4 heteroatoms. The Morgan fingerprint density at radius 3 is 2.30 bits per heavy atom. The Kier molecular flexibility index (Phi) is 3.88. The van der Waals surface area contributed by atoms with Crippen molar-refractivity contribution in [3.8, 4) is 0 Å². The molecule has 2 nitrogen and oxygen atoms in total. The van der Waals surface area contributed by atoms with E-state index in [1.54, 1.807) is 6.92 Å². The van der Waals surface area contributed by atoms with Gasteiger partial charge < -0.3 is 5.11 Å². The Balaban J connectivity index is 4.23. The molecule has 60 valence electrons. The van der Waals surface area contributed by atoms with Gasteiger partial charge in [-0.2, -0.15) is 0 Å². The summed E-state index contributed by atoms with van der Waals surface area (Å²) >= 11 is 6.40. The molecular weight excluding hydrogens is 264 g/mol. The van der Waals surface area contributed by atoms with Gasteiger partial charge in [0.25, 0.3) is 0 Å². The van der Waals surface area contributed by atoms with Crippen LogP contribution in [0, 0.1) is 0 Å². The highest BCUT2D eigenvalue weighted by molar-refractivity contribution is 9.12. The summed E-state index contributed by atoms with van der Waals surface area (Å²) in [6, 6.07) is 0. The highest BCUT2D eigenvalue weighted by Gasteiger charge is 2.36. The van der Waals surface area contributed by atoms with Crippen LogP contribution < -0.4 is 0 Å². The highest BCUT2D eigenvalue weighted by atomic mass is 79.9. The van der Waals surface area contributed by atoms with Gasteiger partial charge in [-0.1, -0.05) is 38.8 Å². The van der Waals surface area contributed by atoms with Crippen molar-refractivity contribution >= 4 is 37.8 Å². The van der Waals surface area contributed by atoms with E-state index in [-0.39, 0.29) is 4.83 Å². The third-order valence-corrected chi connectivity index (χ3v) is 4.43. The first-order chi connectivity index (χ1) is 4.42. The summed E-state index contributed by atoms with van der Waals surface area (Å²) < 4.78 is -0.845. The lowest BCUT2D eigenvalue weighted by atomic mass is 10.1. The fourth-order valence-electron chi connectivity index (χ4n) is 0.517. The van der Waals surface area contributed by atoms with E-state index >= 15 is 0 Å². The Bertz CT molecular complexity index is 134. The third kappa shape index (κ3) is 2.23. The average molecular weight is 274 g/mol. The first-order valence-electron chi connectivity index (χ1n) is 2.99. The monoisotopic (exact) mass is 272 g/mol. The number of halogens is 2. The van der Waals surface area contributed by atoms with Crippen LogP contribution in [0.25, 0.3) is 0 Å². The quantitative estimate of drug-likeness (QED) is 0.802. The molecule has 0 saturated heterocycles. The van der Waals surface area contributed by atoms with Crippen molar-refractivity contribution in [1.29, 1.82) is 0 Å². The minimum atomic E-state index is -0.845. The van der Waals surface area contributed by atoms with E-state index in [1.165, 1.54) is 0 Å². The SMILES string of the molecule is CCC(Br)C(C)(Br)C(=O)O. The van der Waals surface area contributed by atoms with Crippen LogP contribution in [-0.4, -0.2) is 20.2 Å². The molecule has 0 rings (SSSR count). The fraction of sp³-hybridized carbons (Fsp3) is 0.833. The molecule has 2 atom stereocenters. The molecule has 0 bridgehead atoms. The zero-order valence-corrected chi connectivity index (χ0v) is 9.07. The van der Waals surface area contributed by atoms with E-state index in [0.717, 1.165) is 6.42 Å². The summed E-state index contributed by atoms with van der Waals surface area (Å²) in [5, 5.41) is 8.67. The summed E-state index contributed by atoms with van der Waals surface area (Å²) in [5.74, 6) is -0.837. The van der Waals surface area contributed by atoms with E-state index < -0.39 is 10.3 Å². The van der Waals surface area contributed by atoms with Gasteiger partial charge in [0, 0.05) is 4.83 Å². The minimum absolute atomic E-state index is 0.0301. The molecule has 0 radical (unpaired) electrons. The van der Waals surface area contributed by atoms with Crippen LogP contribution in [0.15, 0.2) is 0 Å². The van der Waals surface area contributed by atoms with Gasteiger partial charge in [-0.15, -0.1) is 0 Å². The van der Waals surface area contributed by atoms with E-state index in [1.807, 2.05) is 6.92 Å². The predicted molar refractivity (Wildman–Crippen MR) is 48.0 cm³/mol. The predicted octanol–water partition coefficient (Wildman–Crippen LogP) is 2.40. The van der Waals surface area contributed by atoms with Crippen molar-refractivity contribution in [2.24, 2.45) is 0 Å². The van der Waals surface area contributed by atoms with Crippen LogP contribution in [0.5, 0.6) is 0 Å². The molecule has 0 aliphatic heterocycles. The summed E-state index contributed by atoms with van der Waals surface area (Å²) in [5.41, 5.74) is 0. The maximum absolute atomic E-state index is 10.5. The second kappa shape index (κ2) is 3.72. The lowest BCUT2D eigenvalue weighted by Gasteiger charge is -2.21. The van der Waals surface area contributed by atoms with Crippen molar-refractivity contribution in [2.75, 3.05) is 0 Å². The summed E-state index contributed by atoms with van der Waals surface area (Å²) in [4.78, 5) is 10.5. The molecule has 0 saturated carbocycles. The molecule has 0 spiro atoms. The lowest BCUT2D eigenvalue weighted by Crippen LogP contribution is -2.36. The van der Waals surface area contributed by atoms with E-state index in [4.69, 9.17) is 5.11 Å². The largest absolute Gasteiger partial charge is 0.480 e. The summed E-state index contributed by atoms with van der Waals surface area (Å²) in [7, 11) is 0. The molecule has 0 aromatic heterocycles. The molecule has 0 aromatic carbocycles. The Hall–Kier alpha value is 0.430. The van der Waals surface area contributed by atoms with Gasteiger partial charge in [-0.05, 0) is 13.3 Å². The Morgan fingerprint density at radius 2 is 2.20 bits per heavy atom. The molecule has 0 aromatic rings. The van der Waals surface area contributed by atoms with Crippen molar-refractivity contribution in [3.63, 3.8) is 0 Å². The molecule has 1 N–H and O–H groups in total. The normalized spacial score (nSPS) is 19.6. The van der Waals surface area contributed by atoms with Crippen LogP contribution in [0.3, 0.4) is 0 Å². The second-order valence-electron chi connectivity index (χ2n) is 2.26. The Labute approximate surface area is 77.3 Å². The van der Waals surface area contributed by atoms with Crippen LogP contribution in [0.4, 0.5) is 0 Å². The van der Waals surface area contributed by atoms with Crippen molar-refractivity contribution in [1.82, 2.24) is 0 Å². The summed E-state index contributed by atoms with van der Waals surface area (Å²) in [6.45, 7) is 3.57. The van der Waals surface area contributed by atoms with Crippen LogP contribution in [0.1, 0.15) is 20.3 Å². The maximum Gasteiger partial charge on any atom is 0.321 e. The van der Waals surface area contributed by atoms with Crippen molar-refractivity contribution < 1.29 is 9.90 Å². The van der Waals surface area contributed by atoms with E-state index in [9.17, 15) is 4.79 Å². The van der Waals surface area contributed by atoms with E-state index in [0.29, 0.717) is 0 Å². The average Bonchev–Trinajstić information content (AvgIpc) is 1.86. The van der Waals surface area contributed by atoms with Gasteiger partial charge in [0.2, 0.25) is 0 Å².